The first kappa shape index (κ1) is 39.7. The van der Waals surface area contributed by atoms with Crippen LogP contribution >= 0.6 is 0 Å². The van der Waals surface area contributed by atoms with Crippen molar-refractivity contribution in [3.63, 3.8) is 0 Å². The molecule has 0 spiro atoms. The zero-order chi connectivity index (χ0) is 36.6. The molecule has 0 aromatic heterocycles. The summed E-state index contributed by atoms with van der Waals surface area (Å²) in [6, 6.07) is 11.3. The molecule has 2 unspecified atom stereocenters. The number of rotatable bonds is 16. The molecule has 0 bridgehead atoms. The number of ether oxygens (including phenoxy) is 2. The van der Waals surface area contributed by atoms with Gasteiger partial charge in [0.1, 0.15) is 17.8 Å². The average Bonchev–Trinajstić information content (AvgIpc) is 3.03. The molecule has 13 heteroatoms. The monoisotopic (exact) mass is 716 g/mol. The smallest absolute Gasteiger partial charge is 0.328 e. The molecule has 3 aromatic rings. The van der Waals surface area contributed by atoms with Crippen molar-refractivity contribution in [2.24, 2.45) is 0 Å². The maximum atomic E-state index is 13.7. The van der Waals surface area contributed by atoms with E-state index < -0.39 is 55.2 Å². The van der Waals surface area contributed by atoms with Gasteiger partial charge in [0, 0.05) is 11.1 Å². The molecule has 0 heterocycles. The quantitative estimate of drug-likeness (QED) is 0.119. The van der Waals surface area contributed by atoms with Gasteiger partial charge in [-0.1, -0.05) is 82.9 Å². The van der Waals surface area contributed by atoms with Crippen LogP contribution in [0.1, 0.15) is 100 Å². The number of carbonyl (C=O) groups is 2. The van der Waals surface area contributed by atoms with E-state index in [0.717, 1.165) is 11.1 Å². The molecule has 0 aliphatic heterocycles. The first-order chi connectivity index (χ1) is 22.9. The fraction of sp³-hybridized carbons (Fsp3) is 0.444. The van der Waals surface area contributed by atoms with Crippen molar-refractivity contribution in [3.05, 3.63) is 88.5 Å². The van der Waals surface area contributed by atoms with Crippen LogP contribution < -0.4 is 9.44 Å². The molecule has 0 aliphatic carbocycles. The summed E-state index contributed by atoms with van der Waals surface area (Å²) < 4.78 is 70.2. The number of sulfonamides is 2. The van der Waals surface area contributed by atoms with Gasteiger partial charge in [-0.25, -0.2) is 26.4 Å². The highest BCUT2D eigenvalue weighted by Gasteiger charge is 2.37. The van der Waals surface area contributed by atoms with Crippen LogP contribution in [0.15, 0.2) is 70.5 Å². The number of nitrogens with one attached hydrogen (secondary N) is 2. The van der Waals surface area contributed by atoms with Crippen LogP contribution in [0.4, 0.5) is 0 Å². The standard InChI is InChI=1S/C36H48N2O9S2/c1-8-10-20-46-34(40)31(37-48(42,43)27-16-12-24(3)13-17-27)29-22-26(36(5,6)7)23-30(33(29)39)32(35(41)47-21-11-9-2)38-49(44,45)28-18-14-25(4)15-19-28/h12-19,22-23,31-32,37-39H,8-11,20-21H2,1-7H3. The van der Waals surface area contributed by atoms with Crippen LogP contribution in [-0.2, 0) is 44.5 Å². The largest absolute Gasteiger partial charge is 0.507 e. The lowest BCUT2D eigenvalue weighted by molar-refractivity contribution is -0.146. The Morgan fingerprint density at radius 3 is 1.35 bits per heavy atom. The second-order valence-corrected chi connectivity index (χ2v) is 16.5. The summed E-state index contributed by atoms with van der Waals surface area (Å²) in [6.45, 7) is 12.9. The summed E-state index contributed by atoms with van der Waals surface area (Å²) in [5.74, 6) is -2.65. The third-order valence-electron chi connectivity index (χ3n) is 7.82. The molecule has 0 aliphatic rings. The van der Waals surface area contributed by atoms with Gasteiger partial charge >= 0.3 is 11.9 Å². The number of aromatic hydroxyl groups is 1. The van der Waals surface area contributed by atoms with Gasteiger partial charge < -0.3 is 14.6 Å². The number of aryl methyl sites for hydroxylation is 2. The highest BCUT2D eigenvalue weighted by Crippen LogP contribution is 2.39. The van der Waals surface area contributed by atoms with Gasteiger partial charge in [-0.05, 0) is 74.1 Å². The third-order valence-corrected chi connectivity index (χ3v) is 10.7. The Morgan fingerprint density at radius 2 is 1.04 bits per heavy atom. The summed E-state index contributed by atoms with van der Waals surface area (Å²) >= 11 is 0. The minimum Gasteiger partial charge on any atom is -0.507 e. The summed E-state index contributed by atoms with van der Waals surface area (Å²) in [5, 5.41) is 11.9. The highest BCUT2D eigenvalue weighted by molar-refractivity contribution is 7.89. The first-order valence-electron chi connectivity index (χ1n) is 16.3. The van der Waals surface area contributed by atoms with Crippen LogP contribution in [0.25, 0.3) is 0 Å². The van der Waals surface area contributed by atoms with Crippen molar-refractivity contribution < 1.29 is 41.0 Å². The molecule has 0 amide bonds. The van der Waals surface area contributed by atoms with Gasteiger partial charge in [-0.2, -0.15) is 9.44 Å². The fourth-order valence-corrected chi connectivity index (χ4v) is 7.04. The maximum Gasteiger partial charge on any atom is 0.328 e. The van der Waals surface area contributed by atoms with Gasteiger partial charge in [0.25, 0.3) is 0 Å². The third kappa shape index (κ3) is 10.6. The zero-order valence-corrected chi connectivity index (χ0v) is 30.8. The van der Waals surface area contributed by atoms with E-state index in [9.17, 15) is 31.5 Å². The van der Waals surface area contributed by atoms with Gasteiger partial charge in [-0.3, -0.25) is 0 Å². The van der Waals surface area contributed by atoms with Gasteiger partial charge in [0.15, 0.2) is 0 Å². The second-order valence-electron chi connectivity index (χ2n) is 13.0. The average molecular weight is 717 g/mol. The Kier molecular flexibility index (Phi) is 13.6. The zero-order valence-electron chi connectivity index (χ0n) is 29.2. The highest BCUT2D eigenvalue weighted by atomic mass is 32.2. The van der Waals surface area contributed by atoms with Crippen LogP contribution in [-0.4, -0.2) is 47.1 Å². The van der Waals surface area contributed by atoms with Crippen molar-refractivity contribution in [2.45, 2.75) is 101 Å². The van der Waals surface area contributed by atoms with E-state index in [-0.39, 0.29) is 34.1 Å². The van der Waals surface area contributed by atoms with E-state index in [2.05, 4.69) is 9.44 Å². The summed E-state index contributed by atoms with van der Waals surface area (Å²) in [7, 11) is -8.73. The summed E-state index contributed by atoms with van der Waals surface area (Å²) in [5.41, 5.74) is 0.980. The van der Waals surface area contributed by atoms with Crippen molar-refractivity contribution >= 4 is 32.0 Å². The Morgan fingerprint density at radius 1 is 0.694 bits per heavy atom. The Balaban J connectivity index is 2.28. The predicted molar refractivity (Wildman–Crippen MR) is 187 cm³/mol. The minimum atomic E-state index is -4.36. The van der Waals surface area contributed by atoms with Gasteiger partial charge in [-0.15, -0.1) is 0 Å². The molecule has 2 atom stereocenters. The fourth-order valence-electron chi connectivity index (χ4n) is 4.71. The predicted octanol–water partition coefficient (Wildman–Crippen LogP) is 6.03. The molecule has 268 valence electrons. The number of benzene rings is 3. The number of phenols is 1. The van der Waals surface area contributed by atoms with Gasteiger partial charge in [0.2, 0.25) is 20.0 Å². The van der Waals surface area contributed by atoms with Gasteiger partial charge in [0.05, 0.1) is 23.0 Å². The second kappa shape index (κ2) is 16.8. The van der Waals surface area contributed by atoms with Crippen molar-refractivity contribution in [3.8, 4) is 5.75 Å². The molecular weight excluding hydrogens is 669 g/mol. The van der Waals surface area contributed by atoms with Crippen molar-refractivity contribution in [2.75, 3.05) is 13.2 Å². The van der Waals surface area contributed by atoms with E-state index >= 15 is 0 Å². The van der Waals surface area contributed by atoms with E-state index in [4.69, 9.17) is 9.47 Å². The molecule has 3 rings (SSSR count). The van der Waals surface area contributed by atoms with Crippen molar-refractivity contribution in [1.29, 1.82) is 0 Å². The SMILES string of the molecule is CCCCOC(=O)C(NS(=O)(=O)c1ccc(C)cc1)c1cc(C(C)(C)C)cc(C(NS(=O)(=O)c2ccc(C)cc2)C(=O)OCCCC)c1O. The number of phenolic OH excluding ortho intramolecular Hbond substituents is 1. The van der Waals surface area contributed by atoms with E-state index in [1.807, 2.05) is 34.6 Å². The molecule has 0 saturated carbocycles. The van der Waals surface area contributed by atoms with Crippen molar-refractivity contribution in [1.82, 2.24) is 9.44 Å². The van der Waals surface area contributed by atoms with Crippen LogP contribution in [0.3, 0.4) is 0 Å². The first-order valence-corrected chi connectivity index (χ1v) is 19.3. The molecule has 11 nitrogen and oxygen atoms in total. The molecule has 49 heavy (non-hydrogen) atoms. The number of esters is 2. The topological polar surface area (TPSA) is 165 Å². The Bertz CT molecular complexity index is 1690. The lowest BCUT2D eigenvalue weighted by atomic mass is 9.82. The van der Waals surface area contributed by atoms with Crippen LogP contribution in [0, 0.1) is 13.8 Å². The van der Waals surface area contributed by atoms with E-state index in [1.54, 1.807) is 38.1 Å². The molecule has 0 radical (unpaired) electrons. The number of unbranched alkanes of at least 4 members (excludes halogenated alkanes) is 2. The summed E-state index contributed by atoms with van der Waals surface area (Å²) in [4.78, 5) is 27.1. The molecule has 0 saturated heterocycles. The number of hydrogen-bond donors (Lipinski definition) is 3. The lowest BCUT2D eigenvalue weighted by Gasteiger charge is -2.28. The maximum absolute atomic E-state index is 13.7. The molecule has 3 aromatic carbocycles. The van der Waals surface area contributed by atoms with E-state index in [1.165, 1.54) is 36.4 Å². The summed E-state index contributed by atoms with van der Waals surface area (Å²) in [6.07, 6.45) is 2.42. The minimum absolute atomic E-state index is 0.00655. The molecule has 3 N–H and O–H groups in total. The normalized spacial score (nSPS) is 13.4. The van der Waals surface area contributed by atoms with Crippen LogP contribution in [0.2, 0.25) is 0 Å². The number of carbonyl (C=O) groups excluding carboxylic acids is 2. The lowest BCUT2D eigenvalue weighted by Crippen LogP contribution is -2.37. The van der Waals surface area contributed by atoms with E-state index in [0.29, 0.717) is 31.2 Å². The molecule has 0 fully saturated rings. The molecular formula is C36H48N2O9S2. The van der Waals surface area contributed by atoms with Crippen LogP contribution in [0.5, 0.6) is 5.75 Å². The Labute approximate surface area is 290 Å². The Hall–Kier alpha value is -3.78. The number of hydrogen-bond acceptors (Lipinski definition) is 9.